The van der Waals surface area contributed by atoms with Crippen LogP contribution in [0.4, 0.5) is 19.4 Å². The molecule has 3 heterocycles. The highest BCUT2D eigenvalue weighted by atomic mass is 32.3. The molecule has 0 aliphatic carbocycles. The van der Waals surface area contributed by atoms with Crippen LogP contribution < -0.4 is 14.8 Å². The summed E-state index contributed by atoms with van der Waals surface area (Å²) >= 11 is 1.23. The van der Waals surface area contributed by atoms with Gasteiger partial charge in [-0.2, -0.15) is 9.83 Å². The van der Waals surface area contributed by atoms with E-state index in [0.717, 1.165) is 28.7 Å². The number of carbonyl (C=O) groups is 2. The van der Waals surface area contributed by atoms with Gasteiger partial charge in [0.2, 0.25) is 23.0 Å². The number of nitriles is 1. The minimum atomic E-state index is -4.92. The van der Waals surface area contributed by atoms with Gasteiger partial charge in [-0.15, -0.1) is 16.0 Å². The first-order valence-corrected chi connectivity index (χ1v) is 18.4. The molecular formula is C35H36F2N8O9S2. The van der Waals surface area contributed by atoms with Crippen molar-refractivity contribution in [2.75, 3.05) is 25.5 Å². The van der Waals surface area contributed by atoms with Gasteiger partial charge in [-0.25, -0.2) is 32.0 Å². The predicted octanol–water partition coefficient (Wildman–Crippen LogP) is 3.59. The van der Waals surface area contributed by atoms with Crippen molar-refractivity contribution in [3.63, 3.8) is 0 Å². The number of thiazole rings is 1. The summed E-state index contributed by atoms with van der Waals surface area (Å²) in [4.78, 5) is 35.2. The Morgan fingerprint density at radius 1 is 1.23 bits per heavy atom. The summed E-state index contributed by atoms with van der Waals surface area (Å²) in [7, 11) is -3.52. The summed E-state index contributed by atoms with van der Waals surface area (Å²) in [5.41, 5.74) is -0.248. The molecule has 5 rings (SSSR count). The number of pyridine rings is 1. The molecule has 0 fully saturated rings. The van der Waals surface area contributed by atoms with E-state index < -0.39 is 65.4 Å². The molecule has 0 aliphatic heterocycles. The van der Waals surface area contributed by atoms with Crippen LogP contribution in [0.25, 0.3) is 11.3 Å². The lowest BCUT2D eigenvalue weighted by molar-refractivity contribution is -0.753. The van der Waals surface area contributed by atoms with Crippen molar-refractivity contribution in [1.82, 2.24) is 25.1 Å². The molecule has 296 valence electrons. The van der Waals surface area contributed by atoms with Crippen LogP contribution in [0.3, 0.4) is 0 Å². The average molecular weight is 818 g/mol. The Hall–Kier alpha value is -5.76. The number of ether oxygens (including phenoxy) is 2. The van der Waals surface area contributed by atoms with E-state index in [1.807, 2.05) is 0 Å². The number of hydrogen-bond acceptors (Lipinski definition) is 14. The summed E-state index contributed by atoms with van der Waals surface area (Å²) < 4.78 is 97.6. The number of halogens is 2. The third-order valence-corrected chi connectivity index (χ3v) is 9.12. The number of amides is 1. The van der Waals surface area contributed by atoms with Gasteiger partial charge in [0.1, 0.15) is 36.2 Å². The van der Waals surface area contributed by atoms with Gasteiger partial charge >= 0.3 is 12.1 Å². The van der Waals surface area contributed by atoms with Gasteiger partial charge in [0.05, 0.1) is 28.9 Å². The molecule has 0 bridgehead atoms. The highest BCUT2D eigenvalue weighted by Crippen LogP contribution is 2.41. The summed E-state index contributed by atoms with van der Waals surface area (Å²) in [6.45, 7) is -0.530. The number of nitrogens with zero attached hydrogens (tertiary/aromatic N) is 7. The predicted molar refractivity (Wildman–Crippen MR) is 193 cm³/mol. The van der Waals surface area contributed by atoms with Gasteiger partial charge in [-0.3, -0.25) is 14.2 Å². The Morgan fingerprint density at radius 3 is 2.62 bits per heavy atom. The molecule has 0 saturated carbocycles. The van der Waals surface area contributed by atoms with Crippen LogP contribution in [0.5, 0.6) is 0 Å². The van der Waals surface area contributed by atoms with Gasteiger partial charge in [0.15, 0.2) is 0 Å². The van der Waals surface area contributed by atoms with E-state index >= 15 is 4.39 Å². The molecule has 2 aromatic carbocycles. The molecule has 17 nitrogen and oxygen atoms in total. The Bertz CT molecular complexity index is 2410. The van der Waals surface area contributed by atoms with Gasteiger partial charge in [-0.05, 0) is 43.4 Å². The Kier molecular flexibility index (Phi) is 12.9. The lowest BCUT2D eigenvalue weighted by atomic mass is 9.82. The maximum atomic E-state index is 15.4. The number of rotatable bonds is 13. The highest BCUT2D eigenvalue weighted by molar-refractivity contribution is 7.79. The zero-order valence-electron chi connectivity index (χ0n) is 32.7. The Balaban J connectivity index is 0.00000145. The smallest absolute Gasteiger partial charge is 0.418 e. The number of likely N-dealkylation sites (N-methyl/N-ethyl adjacent to an activating group) is 1. The van der Waals surface area contributed by atoms with E-state index in [4.69, 9.17) is 36.4 Å². The lowest BCUT2D eigenvalue weighted by Crippen LogP contribution is -2.42. The minimum Gasteiger partial charge on any atom is -0.726 e. The summed E-state index contributed by atoms with van der Waals surface area (Å²) in [5.74, 6) is -3.18. The Morgan fingerprint density at radius 2 is 1.95 bits per heavy atom. The van der Waals surface area contributed by atoms with E-state index in [2.05, 4.69) is 26.5 Å². The lowest BCUT2D eigenvalue weighted by Gasteiger charge is -2.32. The zero-order valence-corrected chi connectivity index (χ0v) is 31.4. The summed E-state index contributed by atoms with van der Waals surface area (Å²) in [5, 5.41) is 30.0. The monoisotopic (exact) mass is 817 g/mol. The molecule has 5 aromatic rings. The van der Waals surface area contributed by atoms with Crippen molar-refractivity contribution in [2.45, 2.75) is 44.7 Å². The summed E-state index contributed by atoms with van der Waals surface area (Å²) in [6.07, 6.45) is 2.37. The largest absolute Gasteiger partial charge is 0.726 e. The maximum absolute atomic E-state index is 15.4. The quantitative estimate of drug-likeness (QED) is 0.0667. The van der Waals surface area contributed by atoms with Crippen LogP contribution in [0.15, 0.2) is 78.8 Å². The molecule has 56 heavy (non-hydrogen) atoms. The van der Waals surface area contributed by atoms with Crippen LogP contribution in [0.1, 0.15) is 51.8 Å². The third-order valence-electron chi connectivity index (χ3n) is 8.09. The third kappa shape index (κ3) is 11.4. The van der Waals surface area contributed by atoms with Gasteiger partial charge < -0.3 is 24.4 Å². The second kappa shape index (κ2) is 18.7. The molecule has 1 amide bonds. The number of anilines is 1. The standard InChI is InChI=1S/C35H35F2N8O5S.H2O4S/c1-22(33-42-30(18-51-33)25-9-7-24(15-38)8-10-25)35(48,28-14-27(36)11-12-29(28)37)19-45-21-44(20-41-45)23(2)50-34(47)43(4)32-26(6-5-13-40-32)17-49-31(46)16-39-3;1-5(2,3)4/h5-14,18,20-23,39,48H,16-17,19H2,1-4H3;(H2,1,2,3,4)/q+1;/p-1/t22-,23?,35+;/m0./s1/i3D3;. The van der Waals surface area contributed by atoms with E-state index in [9.17, 15) is 19.1 Å². The fourth-order valence-electron chi connectivity index (χ4n) is 5.18. The maximum Gasteiger partial charge on any atom is 0.418 e. The van der Waals surface area contributed by atoms with Crippen molar-refractivity contribution in [2.24, 2.45) is 0 Å². The normalized spacial score (nSPS) is 14.3. The van der Waals surface area contributed by atoms with E-state index in [1.165, 1.54) is 46.5 Å². The number of aliphatic hydroxyl groups is 1. The van der Waals surface area contributed by atoms with Crippen molar-refractivity contribution in [3.05, 3.63) is 112 Å². The first-order valence-electron chi connectivity index (χ1n) is 17.6. The molecule has 0 saturated heterocycles. The molecule has 3 aromatic heterocycles. The van der Waals surface area contributed by atoms with Crippen LogP contribution in [-0.2, 0) is 43.4 Å². The molecule has 0 spiro atoms. The topological polar surface area (TPSA) is 237 Å². The van der Waals surface area contributed by atoms with Gasteiger partial charge in [0, 0.05) is 57.4 Å². The zero-order chi connectivity index (χ0) is 43.7. The number of aromatic nitrogens is 5. The minimum absolute atomic E-state index is 0.118. The fraction of sp³-hybridized carbons (Fsp3) is 0.286. The van der Waals surface area contributed by atoms with Crippen LogP contribution in [0, 0.1) is 23.0 Å². The van der Waals surface area contributed by atoms with Gasteiger partial charge in [0.25, 0.3) is 6.33 Å². The average Bonchev–Trinajstić information content (AvgIpc) is 3.86. The first-order chi connectivity index (χ1) is 27.6. The Labute approximate surface area is 328 Å². The second-order valence-electron chi connectivity index (χ2n) is 11.9. The van der Waals surface area contributed by atoms with Crippen molar-refractivity contribution >= 4 is 39.6 Å². The number of esters is 1. The van der Waals surface area contributed by atoms with Crippen molar-refractivity contribution in [1.29, 1.82) is 5.26 Å². The number of nitrogens with one attached hydrogen (secondary N) is 1. The first kappa shape index (κ1) is 38.5. The second-order valence-corrected chi connectivity index (χ2v) is 13.6. The SMILES string of the molecule is O=S(=O)([O-])O.[2H]C([2H])([2H])NCC(=O)OCc1cccnc1N(C)C(=O)OC(C)[n+]1cnn(C[C@](O)(c2cc(F)ccc2F)[C@@H](C)c2nc(-c3ccc(C#N)cc3)cs2)c1. The van der Waals surface area contributed by atoms with Crippen molar-refractivity contribution in [3.8, 4) is 17.3 Å². The molecule has 3 atom stereocenters. The molecule has 1 unspecified atom stereocenters. The molecule has 21 heteroatoms. The fourth-order valence-corrected chi connectivity index (χ4v) is 6.15. The number of hydrogen-bond donors (Lipinski definition) is 3. The van der Waals surface area contributed by atoms with Crippen LogP contribution in [-0.4, -0.2) is 75.0 Å². The van der Waals surface area contributed by atoms with Crippen molar-refractivity contribution < 1.29 is 59.2 Å². The van der Waals surface area contributed by atoms with Gasteiger partial charge in [-0.1, -0.05) is 25.1 Å². The van der Waals surface area contributed by atoms with E-state index in [1.54, 1.807) is 55.6 Å². The van der Waals surface area contributed by atoms with E-state index in [0.29, 0.717) is 21.8 Å². The molecule has 0 radical (unpaired) electrons. The van der Waals surface area contributed by atoms with E-state index in [-0.39, 0.29) is 24.5 Å². The highest BCUT2D eigenvalue weighted by Gasteiger charge is 2.43. The van der Waals surface area contributed by atoms with Crippen LogP contribution >= 0.6 is 11.3 Å². The molecular weight excluding hydrogens is 779 g/mol. The summed E-state index contributed by atoms with van der Waals surface area (Å²) in [6, 6.07) is 14.8. The number of benzene rings is 2. The molecule has 0 aliphatic rings. The van der Waals surface area contributed by atoms with Crippen LogP contribution in [0.2, 0.25) is 0 Å². The number of carbonyl (C=O) groups excluding carboxylic acids is 2. The molecule has 3 N–H and O–H groups in total.